The third kappa shape index (κ3) is 3.39. The Balaban J connectivity index is 2.03. The summed E-state index contributed by atoms with van der Waals surface area (Å²) < 4.78 is 1.61. The van der Waals surface area contributed by atoms with Gasteiger partial charge in [-0.2, -0.15) is 0 Å². The second kappa shape index (κ2) is 6.09. The second-order valence-corrected chi connectivity index (χ2v) is 5.71. The molecular formula is C14H18N4OS. The van der Waals surface area contributed by atoms with Gasteiger partial charge in [0.15, 0.2) is 5.16 Å². The average molecular weight is 290 g/mol. The van der Waals surface area contributed by atoms with Gasteiger partial charge in [-0.3, -0.25) is 4.79 Å². The Morgan fingerprint density at radius 2 is 1.85 bits per heavy atom. The van der Waals surface area contributed by atoms with Crippen molar-refractivity contribution >= 4 is 17.4 Å². The van der Waals surface area contributed by atoms with Gasteiger partial charge in [0.05, 0.1) is 0 Å². The molecule has 2 rings (SSSR count). The predicted molar refractivity (Wildman–Crippen MR) is 82.1 cm³/mol. The highest BCUT2D eigenvalue weighted by Crippen LogP contribution is 2.17. The number of hydrogen-bond acceptors (Lipinski definition) is 5. The molecule has 0 saturated heterocycles. The molecule has 2 N–H and O–H groups in total. The van der Waals surface area contributed by atoms with Crippen molar-refractivity contribution in [1.82, 2.24) is 14.5 Å². The van der Waals surface area contributed by atoms with Crippen LogP contribution in [-0.2, 0) is 6.54 Å². The Kier molecular flexibility index (Phi) is 4.44. The van der Waals surface area contributed by atoms with E-state index in [0.29, 0.717) is 12.2 Å². The van der Waals surface area contributed by atoms with Crippen LogP contribution in [0.5, 0.6) is 0 Å². The van der Waals surface area contributed by atoms with Crippen molar-refractivity contribution in [3.8, 4) is 0 Å². The molecule has 0 atom stereocenters. The molecule has 0 aromatic carbocycles. The topological polar surface area (TPSA) is 73.8 Å². The normalized spacial score (nSPS) is 10.8. The van der Waals surface area contributed by atoms with E-state index in [4.69, 9.17) is 5.73 Å². The summed E-state index contributed by atoms with van der Waals surface area (Å²) in [6.07, 6.45) is 1.66. The Hall–Kier alpha value is -1.82. The highest BCUT2D eigenvalue weighted by Gasteiger charge is 2.05. The van der Waals surface area contributed by atoms with E-state index in [9.17, 15) is 4.79 Å². The van der Waals surface area contributed by atoms with E-state index < -0.39 is 0 Å². The molecule has 6 heteroatoms. The lowest BCUT2D eigenvalue weighted by Gasteiger charge is -2.08. The standard InChI is InChI=1S/C14H18N4OS/c1-9-10(2)16-14(17-11(9)3)20-7-6-18-8-12(15)4-5-13(18)19/h4-5,8H,6-7,15H2,1-3H3. The lowest BCUT2D eigenvalue weighted by molar-refractivity contribution is 0.735. The van der Waals surface area contributed by atoms with Crippen molar-refractivity contribution in [2.75, 3.05) is 11.5 Å². The molecule has 2 heterocycles. The van der Waals surface area contributed by atoms with E-state index in [2.05, 4.69) is 9.97 Å². The van der Waals surface area contributed by atoms with Gasteiger partial charge in [0.2, 0.25) is 0 Å². The van der Waals surface area contributed by atoms with Gasteiger partial charge < -0.3 is 10.3 Å². The molecule has 0 aliphatic heterocycles. The van der Waals surface area contributed by atoms with Crippen molar-refractivity contribution in [2.24, 2.45) is 0 Å². The summed E-state index contributed by atoms with van der Waals surface area (Å²) in [4.78, 5) is 20.5. The lowest BCUT2D eigenvalue weighted by Crippen LogP contribution is -2.20. The van der Waals surface area contributed by atoms with E-state index in [0.717, 1.165) is 27.9 Å². The third-order valence-corrected chi connectivity index (χ3v) is 4.01. The minimum atomic E-state index is -0.0445. The Morgan fingerprint density at radius 3 is 2.50 bits per heavy atom. The Labute approximate surface area is 122 Å². The Bertz CT molecular complexity index is 658. The van der Waals surface area contributed by atoms with Crippen molar-refractivity contribution in [3.05, 3.63) is 45.6 Å². The predicted octanol–water partition coefficient (Wildman–Crippen LogP) is 1.94. The van der Waals surface area contributed by atoms with Crippen LogP contribution in [0.4, 0.5) is 5.69 Å². The number of aryl methyl sites for hydroxylation is 3. The molecule has 2 aromatic heterocycles. The second-order valence-electron chi connectivity index (χ2n) is 4.64. The van der Waals surface area contributed by atoms with Crippen molar-refractivity contribution in [3.63, 3.8) is 0 Å². The zero-order chi connectivity index (χ0) is 14.7. The van der Waals surface area contributed by atoms with Gasteiger partial charge in [-0.15, -0.1) is 0 Å². The fourth-order valence-electron chi connectivity index (χ4n) is 1.77. The van der Waals surface area contributed by atoms with Crippen LogP contribution >= 0.6 is 11.8 Å². The number of thioether (sulfide) groups is 1. The maximum Gasteiger partial charge on any atom is 0.250 e. The van der Waals surface area contributed by atoms with Gasteiger partial charge in [0.25, 0.3) is 5.56 Å². The smallest absolute Gasteiger partial charge is 0.250 e. The summed E-state index contributed by atoms with van der Waals surface area (Å²) in [7, 11) is 0. The molecule has 0 aliphatic carbocycles. The molecule has 0 radical (unpaired) electrons. The molecule has 0 unspecified atom stereocenters. The number of nitrogen functional groups attached to an aromatic ring is 1. The van der Waals surface area contributed by atoms with E-state index in [-0.39, 0.29) is 5.56 Å². The van der Waals surface area contributed by atoms with Crippen molar-refractivity contribution in [1.29, 1.82) is 0 Å². The first-order valence-electron chi connectivity index (χ1n) is 6.38. The molecule has 106 valence electrons. The molecule has 0 fully saturated rings. The SMILES string of the molecule is Cc1nc(SCCn2cc(N)ccc2=O)nc(C)c1C. The summed E-state index contributed by atoms with van der Waals surface area (Å²) in [6.45, 7) is 6.57. The molecule has 0 aliphatic rings. The zero-order valence-corrected chi connectivity index (χ0v) is 12.7. The maximum atomic E-state index is 11.6. The molecule has 0 spiro atoms. The molecule has 0 saturated carbocycles. The number of nitrogens with two attached hydrogens (primary N) is 1. The van der Waals surface area contributed by atoms with Crippen LogP contribution in [0, 0.1) is 20.8 Å². The summed E-state index contributed by atoms with van der Waals surface area (Å²) in [6, 6.07) is 3.10. The summed E-state index contributed by atoms with van der Waals surface area (Å²) in [5.74, 6) is 0.727. The van der Waals surface area contributed by atoms with Gasteiger partial charge in [-0.05, 0) is 32.4 Å². The number of hydrogen-bond donors (Lipinski definition) is 1. The maximum absolute atomic E-state index is 11.6. The minimum Gasteiger partial charge on any atom is -0.398 e. The first-order chi connectivity index (χ1) is 9.47. The van der Waals surface area contributed by atoms with Crippen LogP contribution in [-0.4, -0.2) is 20.3 Å². The molecule has 0 amide bonds. The monoisotopic (exact) mass is 290 g/mol. The largest absolute Gasteiger partial charge is 0.398 e. The zero-order valence-electron chi connectivity index (χ0n) is 11.9. The van der Waals surface area contributed by atoms with E-state index in [1.54, 1.807) is 28.6 Å². The van der Waals surface area contributed by atoms with E-state index in [1.807, 2.05) is 20.8 Å². The van der Waals surface area contributed by atoms with Crippen molar-refractivity contribution < 1.29 is 0 Å². The highest BCUT2D eigenvalue weighted by molar-refractivity contribution is 7.99. The number of aromatic nitrogens is 3. The van der Waals surface area contributed by atoms with Crippen LogP contribution in [0.1, 0.15) is 17.0 Å². The molecule has 5 nitrogen and oxygen atoms in total. The van der Waals surface area contributed by atoms with Crippen molar-refractivity contribution in [2.45, 2.75) is 32.5 Å². The van der Waals surface area contributed by atoms with Crippen LogP contribution in [0.2, 0.25) is 0 Å². The first-order valence-corrected chi connectivity index (χ1v) is 7.36. The molecule has 2 aromatic rings. The molecule has 20 heavy (non-hydrogen) atoms. The molecular weight excluding hydrogens is 272 g/mol. The van der Waals surface area contributed by atoms with Crippen LogP contribution in [0.15, 0.2) is 28.3 Å². The quantitative estimate of drug-likeness (QED) is 0.688. The van der Waals surface area contributed by atoms with E-state index in [1.165, 1.54) is 6.07 Å². The average Bonchev–Trinajstić information content (AvgIpc) is 2.40. The van der Waals surface area contributed by atoms with Gasteiger partial charge in [-0.25, -0.2) is 9.97 Å². The van der Waals surface area contributed by atoms with Crippen LogP contribution in [0.3, 0.4) is 0 Å². The lowest BCUT2D eigenvalue weighted by atomic mass is 10.2. The first kappa shape index (κ1) is 14.6. The summed E-state index contributed by atoms with van der Waals surface area (Å²) >= 11 is 1.54. The number of nitrogens with zero attached hydrogens (tertiary/aromatic N) is 3. The van der Waals surface area contributed by atoms with Gasteiger partial charge in [-0.1, -0.05) is 11.8 Å². The summed E-state index contributed by atoms with van der Waals surface area (Å²) in [5, 5.41) is 0.752. The van der Waals surface area contributed by atoms with Crippen LogP contribution < -0.4 is 11.3 Å². The van der Waals surface area contributed by atoms with Gasteiger partial charge >= 0.3 is 0 Å². The fraction of sp³-hybridized carbons (Fsp3) is 0.357. The fourth-order valence-corrected chi connectivity index (χ4v) is 2.64. The third-order valence-electron chi connectivity index (χ3n) is 3.18. The van der Waals surface area contributed by atoms with Gasteiger partial charge in [0.1, 0.15) is 0 Å². The molecule has 0 bridgehead atoms. The van der Waals surface area contributed by atoms with Crippen LogP contribution in [0.25, 0.3) is 0 Å². The Morgan fingerprint density at radius 1 is 1.20 bits per heavy atom. The highest BCUT2D eigenvalue weighted by atomic mass is 32.2. The summed E-state index contributed by atoms with van der Waals surface area (Å²) in [5.41, 5.74) is 9.35. The van der Waals surface area contributed by atoms with Gasteiger partial charge in [0, 0.05) is 41.6 Å². The van der Waals surface area contributed by atoms with E-state index >= 15 is 0 Å². The minimum absolute atomic E-state index is 0.0445. The number of anilines is 1. The number of pyridine rings is 1. The number of rotatable bonds is 4.